The second-order valence-corrected chi connectivity index (χ2v) is 5.58. The van der Waals surface area contributed by atoms with Gasteiger partial charge in [-0.05, 0) is 43.9 Å². The van der Waals surface area contributed by atoms with Crippen LogP contribution in [0.5, 0.6) is 5.75 Å². The smallest absolute Gasteiger partial charge is 0.194 e. The van der Waals surface area contributed by atoms with Crippen LogP contribution >= 0.6 is 24.0 Å². The van der Waals surface area contributed by atoms with Gasteiger partial charge in [0.1, 0.15) is 5.75 Å². The van der Waals surface area contributed by atoms with Gasteiger partial charge in [-0.25, -0.2) is 0 Å². The minimum absolute atomic E-state index is 0. The van der Waals surface area contributed by atoms with Crippen LogP contribution in [-0.4, -0.2) is 55.4 Å². The zero-order valence-corrected chi connectivity index (χ0v) is 16.3. The first-order valence-corrected chi connectivity index (χ1v) is 8.07. The summed E-state index contributed by atoms with van der Waals surface area (Å²) in [5.41, 5.74) is 1.27. The van der Waals surface area contributed by atoms with E-state index in [2.05, 4.69) is 34.3 Å². The Morgan fingerprint density at radius 1 is 1.48 bits per heavy atom. The molecule has 0 bridgehead atoms. The number of likely N-dealkylation sites (tertiary alicyclic amines) is 1. The van der Waals surface area contributed by atoms with E-state index in [4.69, 9.17) is 4.74 Å². The van der Waals surface area contributed by atoms with Gasteiger partial charge in [0.2, 0.25) is 0 Å². The van der Waals surface area contributed by atoms with E-state index in [0.717, 1.165) is 50.6 Å². The van der Waals surface area contributed by atoms with E-state index in [1.165, 1.54) is 5.56 Å². The van der Waals surface area contributed by atoms with Crippen molar-refractivity contribution in [2.24, 2.45) is 4.99 Å². The van der Waals surface area contributed by atoms with Crippen molar-refractivity contribution < 1.29 is 9.84 Å². The molecule has 0 aliphatic carbocycles. The van der Waals surface area contributed by atoms with Crippen molar-refractivity contribution >= 4 is 29.9 Å². The molecule has 2 N–H and O–H groups in total. The minimum atomic E-state index is -0.222. The van der Waals surface area contributed by atoms with E-state index in [1.54, 1.807) is 7.11 Å². The van der Waals surface area contributed by atoms with Gasteiger partial charge < -0.3 is 20.1 Å². The number of aryl methyl sites for hydroxylation is 1. The summed E-state index contributed by atoms with van der Waals surface area (Å²) < 4.78 is 5.24. The fourth-order valence-corrected chi connectivity index (χ4v) is 2.66. The van der Waals surface area contributed by atoms with Gasteiger partial charge in [0.05, 0.1) is 13.2 Å². The van der Waals surface area contributed by atoms with Crippen LogP contribution in [0, 0.1) is 0 Å². The van der Waals surface area contributed by atoms with Crippen LogP contribution in [0.3, 0.4) is 0 Å². The number of rotatable bonds is 6. The molecule has 1 saturated heterocycles. The van der Waals surface area contributed by atoms with Gasteiger partial charge in [-0.3, -0.25) is 4.99 Å². The van der Waals surface area contributed by atoms with Gasteiger partial charge in [0, 0.05) is 26.2 Å². The number of β-amino-alcohol motifs (C(OH)–C–C–N with tert-alkyl or cyclic N) is 1. The number of methoxy groups -OCH3 is 1. The lowest BCUT2D eigenvalue weighted by Crippen LogP contribution is -2.40. The largest absolute Gasteiger partial charge is 0.497 e. The van der Waals surface area contributed by atoms with Crippen LogP contribution in [0.25, 0.3) is 0 Å². The first-order valence-electron chi connectivity index (χ1n) is 8.07. The zero-order chi connectivity index (χ0) is 15.8. The van der Waals surface area contributed by atoms with Crippen molar-refractivity contribution in [2.45, 2.75) is 32.3 Å². The summed E-state index contributed by atoms with van der Waals surface area (Å²) in [7, 11) is 1.69. The van der Waals surface area contributed by atoms with Crippen molar-refractivity contribution in [3.63, 3.8) is 0 Å². The number of guanidine groups is 1. The molecule has 1 atom stereocenters. The van der Waals surface area contributed by atoms with E-state index in [-0.39, 0.29) is 30.1 Å². The predicted octanol–water partition coefficient (Wildman–Crippen LogP) is 2.28. The van der Waals surface area contributed by atoms with E-state index >= 15 is 0 Å². The molecule has 0 saturated carbocycles. The molecule has 0 amide bonds. The molecule has 2 rings (SSSR count). The summed E-state index contributed by atoms with van der Waals surface area (Å²) in [5, 5.41) is 13.0. The Morgan fingerprint density at radius 3 is 2.96 bits per heavy atom. The number of aliphatic hydroxyl groups excluding tert-OH is 1. The maximum Gasteiger partial charge on any atom is 0.194 e. The summed E-state index contributed by atoms with van der Waals surface area (Å²) in [5.74, 6) is 1.82. The number of aliphatic imine (C=N–C) groups is 1. The number of benzene rings is 1. The molecule has 0 spiro atoms. The van der Waals surface area contributed by atoms with Crippen LogP contribution in [0.15, 0.2) is 29.3 Å². The van der Waals surface area contributed by atoms with Crippen LogP contribution < -0.4 is 10.1 Å². The third kappa shape index (κ3) is 6.55. The normalized spacial score (nSPS) is 17.8. The maximum atomic E-state index is 9.65. The fourth-order valence-electron chi connectivity index (χ4n) is 2.66. The maximum absolute atomic E-state index is 9.65. The molecular weight excluding hydrogens is 405 g/mol. The lowest BCUT2D eigenvalue weighted by atomic mass is 10.1. The summed E-state index contributed by atoms with van der Waals surface area (Å²) in [6, 6.07) is 8.18. The summed E-state index contributed by atoms with van der Waals surface area (Å²) in [4.78, 5) is 6.82. The topological polar surface area (TPSA) is 57.1 Å². The number of hydrogen-bond donors (Lipinski definition) is 2. The monoisotopic (exact) mass is 433 g/mol. The van der Waals surface area contributed by atoms with Gasteiger partial charge in [-0.15, -0.1) is 24.0 Å². The third-order valence-electron chi connectivity index (χ3n) is 3.82. The zero-order valence-electron chi connectivity index (χ0n) is 14.0. The lowest BCUT2D eigenvalue weighted by molar-refractivity contribution is 0.188. The minimum Gasteiger partial charge on any atom is -0.497 e. The Bertz CT molecular complexity index is 496. The van der Waals surface area contributed by atoms with Gasteiger partial charge in [0.15, 0.2) is 5.96 Å². The Balaban J connectivity index is 0.00000264. The first kappa shape index (κ1) is 20.0. The van der Waals surface area contributed by atoms with Crippen molar-refractivity contribution in [1.82, 2.24) is 10.2 Å². The molecule has 130 valence electrons. The predicted molar refractivity (Wildman–Crippen MR) is 105 cm³/mol. The molecule has 0 radical (unpaired) electrons. The number of hydrogen-bond acceptors (Lipinski definition) is 3. The highest BCUT2D eigenvalue weighted by atomic mass is 127. The van der Waals surface area contributed by atoms with Crippen molar-refractivity contribution in [3.8, 4) is 5.75 Å². The molecule has 1 aromatic carbocycles. The lowest BCUT2D eigenvalue weighted by Gasteiger charge is -2.20. The molecule has 1 aliphatic rings. The highest BCUT2D eigenvalue weighted by Gasteiger charge is 2.22. The molecule has 0 unspecified atom stereocenters. The number of nitrogens with zero attached hydrogens (tertiary/aromatic N) is 2. The average molecular weight is 433 g/mol. The van der Waals surface area contributed by atoms with Crippen molar-refractivity contribution in [3.05, 3.63) is 29.8 Å². The number of halogens is 1. The van der Waals surface area contributed by atoms with Gasteiger partial charge in [-0.2, -0.15) is 0 Å². The van der Waals surface area contributed by atoms with Gasteiger partial charge in [-0.1, -0.05) is 12.1 Å². The van der Waals surface area contributed by atoms with Gasteiger partial charge in [0.25, 0.3) is 0 Å². The second kappa shape index (κ2) is 10.7. The molecule has 1 heterocycles. The molecule has 1 aliphatic heterocycles. The summed E-state index contributed by atoms with van der Waals surface area (Å²) in [6.45, 7) is 5.26. The standard InChI is InChI=1S/C17H27N3O2.HI/c1-3-18-17(20-11-9-15(21)13-20)19-10-5-7-14-6-4-8-16(12-14)22-2;/h4,6,8,12,15,21H,3,5,7,9-11,13H2,1-2H3,(H,18,19);1H/t15-;/m1./s1. The first-order chi connectivity index (χ1) is 10.7. The number of aliphatic hydroxyl groups is 1. The van der Waals surface area contributed by atoms with Crippen molar-refractivity contribution in [1.29, 1.82) is 0 Å². The van der Waals surface area contributed by atoms with Crippen LogP contribution in [0.2, 0.25) is 0 Å². The van der Waals surface area contributed by atoms with E-state index in [0.29, 0.717) is 6.54 Å². The van der Waals surface area contributed by atoms with Crippen LogP contribution in [0.4, 0.5) is 0 Å². The number of nitrogens with one attached hydrogen (secondary N) is 1. The average Bonchev–Trinajstić information content (AvgIpc) is 2.97. The second-order valence-electron chi connectivity index (χ2n) is 5.58. The van der Waals surface area contributed by atoms with Gasteiger partial charge >= 0.3 is 0 Å². The van der Waals surface area contributed by atoms with Crippen LogP contribution in [0.1, 0.15) is 25.3 Å². The summed E-state index contributed by atoms with van der Waals surface area (Å²) >= 11 is 0. The molecule has 5 nitrogen and oxygen atoms in total. The van der Waals surface area contributed by atoms with E-state index in [9.17, 15) is 5.11 Å². The summed E-state index contributed by atoms with van der Waals surface area (Å²) in [6.07, 6.45) is 2.59. The Hall–Kier alpha value is -1.02. The molecule has 6 heteroatoms. The number of ether oxygens (including phenoxy) is 1. The molecule has 0 aromatic heterocycles. The van der Waals surface area contributed by atoms with Crippen LogP contribution in [-0.2, 0) is 6.42 Å². The van der Waals surface area contributed by atoms with E-state index < -0.39 is 0 Å². The Morgan fingerprint density at radius 2 is 2.30 bits per heavy atom. The SMILES string of the molecule is CCNC(=NCCCc1cccc(OC)c1)N1CC[C@@H](O)C1.I. The van der Waals surface area contributed by atoms with E-state index in [1.807, 2.05) is 12.1 Å². The quantitative estimate of drug-likeness (QED) is 0.313. The van der Waals surface area contributed by atoms with Crippen molar-refractivity contribution in [2.75, 3.05) is 33.3 Å². The fraction of sp³-hybridized carbons (Fsp3) is 0.588. The Kier molecular flexibility index (Phi) is 9.31. The third-order valence-corrected chi connectivity index (χ3v) is 3.82. The molecular formula is C17H28IN3O2. The molecule has 1 fully saturated rings. The molecule has 23 heavy (non-hydrogen) atoms. The Labute approximate surface area is 156 Å². The molecule has 1 aromatic rings. The highest BCUT2D eigenvalue weighted by Crippen LogP contribution is 2.14. The highest BCUT2D eigenvalue weighted by molar-refractivity contribution is 14.0.